The van der Waals surface area contributed by atoms with Gasteiger partial charge in [0, 0.05) is 18.7 Å². The number of nitrogens with zero attached hydrogens (tertiary/aromatic N) is 2. The highest BCUT2D eigenvalue weighted by atomic mass is 19.3. The molecule has 4 N–H and O–H groups in total. The number of ether oxygens (including phenoxy) is 3. The zero-order valence-corrected chi connectivity index (χ0v) is 17.5. The van der Waals surface area contributed by atoms with Crippen LogP contribution in [0.25, 0.3) is 0 Å². The SMILES string of the molecule is CN/C=C\C(=N)NC(=O)c1cc(Oc2cnc(C(=O)O)cn2)cc(O[C@@H](C)COC(F)F)c1. The average Bonchev–Trinajstić information content (AvgIpc) is 2.76. The lowest BCUT2D eigenvalue weighted by Crippen LogP contribution is -2.28. The summed E-state index contributed by atoms with van der Waals surface area (Å²) in [4.78, 5) is 31.0. The van der Waals surface area contributed by atoms with Crippen molar-refractivity contribution in [1.29, 1.82) is 5.41 Å². The molecule has 2 aromatic rings. The highest BCUT2D eigenvalue weighted by Gasteiger charge is 2.15. The van der Waals surface area contributed by atoms with E-state index in [1.807, 2.05) is 0 Å². The molecule has 0 aliphatic heterocycles. The molecule has 176 valence electrons. The fourth-order valence-electron chi connectivity index (χ4n) is 2.31. The molecular weight excluding hydrogens is 444 g/mol. The van der Waals surface area contributed by atoms with Crippen LogP contribution in [0.5, 0.6) is 17.4 Å². The molecule has 0 spiro atoms. The van der Waals surface area contributed by atoms with Crippen LogP contribution in [0.1, 0.15) is 27.8 Å². The maximum absolute atomic E-state index is 12.6. The Morgan fingerprint density at radius 3 is 2.55 bits per heavy atom. The second-order valence-corrected chi connectivity index (χ2v) is 6.35. The van der Waals surface area contributed by atoms with E-state index in [1.165, 1.54) is 37.4 Å². The summed E-state index contributed by atoms with van der Waals surface area (Å²) < 4.78 is 39.8. The number of nitrogens with one attached hydrogen (secondary N) is 3. The topological polar surface area (TPSA) is 156 Å². The van der Waals surface area contributed by atoms with Gasteiger partial charge in [-0.2, -0.15) is 8.78 Å². The second kappa shape index (κ2) is 12.0. The van der Waals surface area contributed by atoms with Crippen LogP contribution in [0.4, 0.5) is 8.78 Å². The molecule has 33 heavy (non-hydrogen) atoms. The summed E-state index contributed by atoms with van der Waals surface area (Å²) in [5.41, 5.74) is -0.261. The predicted octanol–water partition coefficient (Wildman–Crippen LogP) is 2.41. The molecule has 1 heterocycles. The molecule has 0 radical (unpaired) electrons. The molecule has 2 rings (SSSR count). The Balaban J connectivity index is 2.27. The predicted molar refractivity (Wildman–Crippen MR) is 111 cm³/mol. The molecule has 1 aromatic heterocycles. The van der Waals surface area contributed by atoms with Crippen molar-refractivity contribution in [2.24, 2.45) is 0 Å². The van der Waals surface area contributed by atoms with Gasteiger partial charge in [-0.25, -0.2) is 14.8 Å². The summed E-state index contributed by atoms with van der Waals surface area (Å²) in [6.45, 7) is -1.88. The van der Waals surface area contributed by atoms with E-state index in [0.29, 0.717) is 0 Å². The third kappa shape index (κ3) is 8.49. The number of carboxylic acid groups (broad SMARTS) is 1. The third-order valence-electron chi connectivity index (χ3n) is 3.67. The number of aromatic nitrogens is 2. The Hall–Kier alpha value is -4.13. The molecule has 11 nitrogen and oxygen atoms in total. The monoisotopic (exact) mass is 465 g/mol. The van der Waals surface area contributed by atoms with Crippen molar-refractivity contribution in [3.05, 3.63) is 54.1 Å². The Morgan fingerprint density at radius 1 is 1.21 bits per heavy atom. The van der Waals surface area contributed by atoms with Gasteiger partial charge in [0.1, 0.15) is 23.4 Å². The first-order valence-electron chi connectivity index (χ1n) is 9.36. The number of amidine groups is 1. The number of aromatic carboxylic acids is 1. The zero-order valence-electron chi connectivity index (χ0n) is 17.5. The lowest BCUT2D eigenvalue weighted by Gasteiger charge is -2.16. The van der Waals surface area contributed by atoms with Crippen LogP contribution in [-0.2, 0) is 4.74 Å². The number of hydrogen-bond acceptors (Lipinski definition) is 9. The molecule has 0 fully saturated rings. The summed E-state index contributed by atoms with van der Waals surface area (Å²) in [6, 6.07) is 4.02. The highest BCUT2D eigenvalue weighted by molar-refractivity contribution is 6.09. The van der Waals surface area contributed by atoms with Crippen molar-refractivity contribution in [3.63, 3.8) is 0 Å². The minimum absolute atomic E-state index is 0.0298. The van der Waals surface area contributed by atoms with Gasteiger partial charge in [0.25, 0.3) is 5.91 Å². The van der Waals surface area contributed by atoms with Crippen LogP contribution >= 0.6 is 0 Å². The van der Waals surface area contributed by atoms with Gasteiger partial charge in [-0.3, -0.25) is 10.2 Å². The molecule has 0 unspecified atom stereocenters. The van der Waals surface area contributed by atoms with Crippen molar-refractivity contribution >= 4 is 17.7 Å². The molecule has 0 aliphatic carbocycles. The number of benzene rings is 1. The minimum atomic E-state index is -2.96. The third-order valence-corrected chi connectivity index (χ3v) is 3.67. The van der Waals surface area contributed by atoms with E-state index in [4.69, 9.17) is 20.0 Å². The lowest BCUT2D eigenvalue weighted by atomic mass is 10.2. The maximum Gasteiger partial charge on any atom is 0.356 e. The standard InChI is InChI=1S/C20H21F2N5O6/c1-11(10-31-20(21)22)32-13-5-12(18(28)27-16(23)3-4-24-2)6-14(7-13)33-17-9-25-15(8-26-17)19(29)30/h3-9,11,20,24H,10H2,1-2H3,(H,29,30)(H2,23,27,28)/b4-3-/t11-/m0/s1. The summed E-state index contributed by atoms with van der Waals surface area (Å²) in [7, 11) is 1.63. The maximum atomic E-state index is 12.6. The lowest BCUT2D eigenvalue weighted by molar-refractivity contribution is -0.142. The van der Waals surface area contributed by atoms with Crippen molar-refractivity contribution < 1.29 is 37.7 Å². The quantitative estimate of drug-likeness (QED) is 0.289. The number of carboxylic acids is 1. The number of alkyl halides is 2. The Kier molecular flexibility index (Phi) is 9.17. The Morgan fingerprint density at radius 2 is 1.94 bits per heavy atom. The van der Waals surface area contributed by atoms with E-state index < -0.39 is 31.2 Å². The summed E-state index contributed by atoms with van der Waals surface area (Å²) >= 11 is 0. The molecule has 1 aromatic carbocycles. The van der Waals surface area contributed by atoms with E-state index in [1.54, 1.807) is 7.05 Å². The molecule has 1 amide bonds. The van der Waals surface area contributed by atoms with Gasteiger partial charge in [0.15, 0.2) is 5.69 Å². The van der Waals surface area contributed by atoms with Crippen LogP contribution in [0.3, 0.4) is 0 Å². The molecule has 1 atom stereocenters. The summed E-state index contributed by atoms with van der Waals surface area (Å²) in [5, 5.41) is 21.7. The minimum Gasteiger partial charge on any atom is -0.488 e. The highest BCUT2D eigenvalue weighted by Crippen LogP contribution is 2.27. The van der Waals surface area contributed by atoms with E-state index in [9.17, 15) is 18.4 Å². The van der Waals surface area contributed by atoms with Crippen LogP contribution in [0, 0.1) is 5.41 Å². The van der Waals surface area contributed by atoms with Crippen molar-refractivity contribution in [2.45, 2.75) is 19.6 Å². The van der Waals surface area contributed by atoms with Gasteiger partial charge >= 0.3 is 12.6 Å². The van der Waals surface area contributed by atoms with Crippen molar-refractivity contribution in [3.8, 4) is 17.4 Å². The number of carbonyl (C=O) groups is 2. The fraction of sp³-hybridized carbons (Fsp3) is 0.250. The van der Waals surface area contributed by atoms with E-state index >= 15 is 0 Å². The van der Waals surface area contributed by atoms with Crippen molar-refractivity contribution in [2.75, 3.05) is 13.7 Å². The first kappa shape index (κ1) is 25.1. The van der Waals surface area contributed by atoms with E-state index in [-0.39, 0.29) is 34.5 Å². The molecule has 13 heteroatoms. The zero-order chi connectivity index (χ0) is 24.4. The molecular formula is C20H21F2N5O6. The number of hydrogen-bond donors (Lipinski definition) is 4. The molecule has 0 saturated carbocycles. The first-order valence-corrected chi connectivity index (χ1v) is 9.36. The van der Waals surface area contributed by atoms with Crippen LogP contribution < -0.4 is 20.1 Å². The average molecular weight is 465 g/mol. The van der Waals surface area contributed by atoms with Gasteiger partial charge in [-0.05, 0) is 31.3 Å². The van der Waals surface area contributed by atoms with Crippen molar-refractivity contribution in [1.82, 2.24) is 20.6 Å². The normalized spacial score (nSPS) is 11.8. The molecule has 0 bridgehead atoms. The Labute approximate surface area is 186 Å². The van der Waals surface area contributed by atoms with E-state index in [0.717, 1.165) is 12.4 Å². The summed E-state index contributed by atoms with van der Waals surface area (Å²) in [5.74, 6) is -2.04. The van der Waals surface area contributed by atoms with Gasteiger partial charge in [-0.1, -0.05) is 0 Å². The number of amides is 1. The molecule has 0 aliphatic rings. The van der Waals surface area contributed by atoms with Gasteiger partial charge in [0.2, 0.25) is 5.88 Å². The first-order chi connectivity index (χ1) is 15.7. The fourth-order valence-corrected chi connectivity index (χ4v) is 2.31. The summed E-state index contributed by atoms with van der Waals surface area (Å²) in [6.07, 6.45) is 4.04. The van der Waals surface area contributed by atoms with Gasteiger partial charge in [0.05, 0.1) is 19.0 Å². The second-order valence-electron chi connectivity index (χ2n) is 6.35. The smallest absolute Gasteiger partial charge is 0.356 e. The van der Waals surface area contributed by atoms with Crippen LogP contribution in [-0.4, -0.2) is 59.2 Å². The molecule has 0 saturated heterocycles. The number of carbonyl (C=O) groups excluding carboxylic acids is 1. The van der Waals surface area contributed by atoms with Gasteiger partial charge < -0.3 is 30.0 Å². The van der Waals surface area contributed by atoms with Crippen LogP contribution in [0.2, 0.25) is 0 Å². The van der Waals surface area contributed by atoms with Gasteiger partial charge in [-0.15, -0.1) is 0 Å². The number of rotatable bonds is 11. The largest absolute Gasteiger partial charge is 0.488 e. The Bertz CT molecular complexity index is 1020. The van der Waals surface area contributed by atoms with Crippen LogP contribution in [0.15, 0.2) is 42.9 Å². The van der Waals surface area contributed by atoms with E-state index in [2.05, 4.69) is 25.3 Å². The number of halogens is 2.